The average molecular weight is 905 g/mol. The van der Waals surface area contributed by atoms with E-state index in [-0.39, 0.29) is 18.5 Å². The van der Waals surface area contributed by atoms with Gasteiger partial charge in [0.2, 0.25) is 5.91 Å². The third kappa shape index (κ3) is 50.0. The summed E-state index contributed by atoms with van der Waals surface area (Å²) in [6.07, 6.45) is 63.7. The quantitative estimate of drug-likeness (QED) is 0.0321. The molecule has 1 amide bonds. The fourth-order valence-electron chi connectivity index (χ4n) is 9.11. The van der Waals surface area contributed by atoms with E-state index in [1.807, 2.05) is 6.08 Å². The molecule has 64 heavy (non-hydrogen) atoms. The number of carbonyl (C=O) groups excluding carboxylic acids is 2. The number of esters is 1. The Balaban J connectivity index is 3.48. The predicted molar refractivity (Wildman–Crippen MR) is 278 cm³/mol. The standard InChI is InChI=1S/C58H113NO5/c1-3-5-7-9-11-13-15-17-18-19-20-21-22-23-24-25-27-30-34-38-42-46-50-56(61)55(54-60)59-57(62)51-47-43-39-35-31-28-29-33-37-41-45-49-53-64-58(63)52-48-44-40-36-32-26-16-14-12-10-8-6-4-2/h46,50,55-56,60-61H,3-45,47-49,51-54H2,1-2H3,(H,59,62)/b50-46+. The van der Waals surface area contributed by atoms with Gasteiger partial charge in [-0.3, -0.25) is 9.59 Å². The van der Waals surface area contributed by atoms with Gasteiger partial charge < -0.3 is 20.3 Å². The maximum atomic E-state index is 12.5. The highest BCUT2D eigenvalue weighted by atomic mass is 16.5. The zero-order chi connectivity index (χ0) is 46.5. The SMILES string of the molecule is CCCCCCCCCCCCCCCCCCCCCC/C=C/C(O)C(CO)NC(=O)CCCCCCCCCCCCCCOC(=O)CCCCCCCCCCCCCCC. The summed E-state index contributed by atoms with van der Waals surface area (Å²) in [6, 6.07) is -0.639. The van der Waals surface area contributed by atoms with E-state index in [0.717, 1.165) is 57.8 Å². The number of rotatable bonds is 54. The Labute approximate surface area is 399 Å². The molecule has 0 saturated carbocycles. The van der Waals surface area contributed by atoms with Gasteiger partial charge in [0.05, 0.1) is 25.4 Å². The van der Waals surface area contributed by atoms with Crippen LogP contribution in [0.1, 0.15) is 322 Å². The lowest BCUT2D eigenvalue weighted by molar-refractivity contribution is -0.143. The minimum Gasteiger partial charge on any atom is -0.466 e. The molecule has 0 aromatic carbocycles. The van der Waals surface area contributed by atoms with Crippen LogP contribution in [0.5, 0.6) is 0 Å². The molecule has 6 heteroatoms. The summed E-state index contributed by atoms with van der Waals surface area (Å²) in [4.78, 5) is 24.5. The van der Waals surface area contributed by atoms with Gasteiger partial charge >= 0.3 is 5.97 Å². The molecule has 0 aliphatic rings. The molecule has 0 rings (SSSR count). The second-order valence-corrected chi connectivity index (χ2v) is 20.0. The first-order valence-corrected chi connectivity index (χ1v) is 29.0. The third-order valence-electron chi connectivity index (χ3n) is 13.6. The second-order valence-electron chi connectivity index (χ2n) is 20.0. The van der Waals surface area contributed by atoms with E-state index < -0.39 is 12.1 Å². The van der Waals surface area contributed by atoms with Gasteiger partial charge in [0.15, 0.2) is 0 Å². The van der Waals surface area contributed by atoms with Crippen LogP contribution in [0.4, 0.5) is 0 Å². The highest BCUT2D eigenvalue weighted by molar-refractivity contribution is 5.76. The molecule has 2 atom stereocenters. The number of amides is 1. The number of nitrogens with one attached hydrogen (secondary N) is 1. The highest BCUT2D eigenvalue weighted by Gasteiger charge is 2.18. The van der Waals surface area contributed by atoms with Gasteiger partial charge in [-0.25, -0.2) is 0 Å². The zero-order valence-corrected chi connectivity index (χ0v) is 43.3. The molecule has 0 aliphatic heterocycles. The van der Waals surface area contributed by atoms with Crippen molar-refractivity contribution in [3.8, 4) is 0 Å². The number of aliphatic hydroxyl groups is 2. The van der Waals surface area contributed by atoms with E-state index in [4.69, 9.17) is 4.74 Å². The summed E-state index contributed by atoms with van der Waals surface area (Å²) in [5.41, 5.74) is 0. The molecule has 0 bridgehead atoms. The van der Waals surface area contributed by atoms with Gasteiger partial charge in [-0.2, -0.15) is 0 Å². The summed E-state index contributed by atoms with van der Waals surface area (Å²) in [5.74, 6) is -0.0882. The molecular formula is C58H113NO5. The molecule has 0 saturated heterocycles. The Kier molecular flexibility index (Phi) is 53.0. The Morgan fingerprint density at radius 1 is 0.422 bits per heavy atom. The molecule has 2 unspecified atom stereocenters. The van der Waals surface area contributed by atoms with Gasteiger partial charge in [-0.1, -0.05) is 289 Å². The lowest BCUT2D eigenvalue weighted by Gasteiger charge is -2.20. The van der Waals surface area contributed by atoms with Crippen LogP contribution in [-0.2, 0) is 14.3 Å². The van der Waals surface area contributed by atoms with Crippen molar-refractivity contribution in [3.05, 3.63) is 12.2 Å². The van der Waals surface area contributed by atoms with Crippen LogP contribution >= 0.6 is 0 Å². The van der Waals surface area contributed by atoms with Crippen molar-refractivity contribution in [3.63, 3.8) is 0 Å². The predicted octanol–water partition coefficient (Wildman–Crippen LogP) is 17.7. The summed E-state index contributed by atoms with van der Waals surface area (Å²) < 4.78 is 5.46. The normalized spacial score (nSPS) is 12.6. The van der Waals surface area contributed by atoms with Crippen molar-refractivity contribution >= 4 is 11.9 Å². The number of allylic oxidation sites excluding steroid dienone is 1. The van der Waals surface area contributed by atoms with Crippen LogP contribution in [0, 0.1) is 0 Å². The Morgan fingerprint density at radius 3 is 1.06 bits per heavy atom. The van der Waals surface area contributed by atoms with E-state index in [2.05, 4.69) is 19.2 Å². The fourth-order valence-corrected chi connectivity index (χ4v) is 9.11. The number of unbranched alkanes of at least 4 members (excludes halogenated alkanes) is 43. The Bertz CT molecular complexity index is 955. The number of ether oxygens (including phenoxy) is 1. The molecule has 0 fully saturated rings. The van der Waals surface area contributed by atoms with Crippen LogP contribution in [0.15, 0.2) is 12.2 Å². The van der Waals surface area contributed by atoms with Crippen LogP contribution in [0.25, 0.3) is 0 Å². The molecule has 0 radical (unpaired) electrons. The fraction of sp³-hybridized carbons (Fsp3) is 0.931. The molecule has 0 aromatic heterocycles. The van der Waals surface area contributed by atoms with E-state index in [9.17, 15) is 19.8 Å². The van der Waals surface area contributed by atoms with E-state index in [1.54, 1.807) is 6.08 Å². The topological polar surface area (TPSA) is 95.9 Å². The van der Waals surface area contributed by atoms with Crippen molar-refractivity contribution in [1.29, 1.82) is 0 Å². The Morgan fingerprint density at radius 2 is 0.719 bits per heavy atom. The average Bonchev–Trinajstić information content (AvgIpc) is 3.29. The molecule has 3 N–H and O–H groups in total. The monoisotopic (exact) mass is 904 g/mol. The molecule has 0 heterocycles. The van der Waals surface area contributed by atoms with Crippen LogP contribution in [0.3, 0.4) is 0 Å². The summed E-state index contributed by atoms with van der Waals surface area (Å²) in [5, 5.41) is 23.2. The summed E-state index contributed by atoms with van der Waals surface area (Å²) in [7, 11) is 0. The molecule has 0 spiro atoms. The van der Waals surface area contributed by atoms with Gasteiger partial charge in [-0.15, -0.1) is 0 Å². The summed E-state index contributed by atoms with van der Waals surface area (Å²) in [6.45, 7) is 4.89. The number of aliphatic hydroxyl groups excluding tert-OH is 2. The van der Waals surface area contributed by atoms with Crippen molar-refractivity contribution < 1.29 is 24.5 Å². The van der Waals surface area contributed by atoms with Crippen LogP contribution in [0.2, 0.25) is 0 Å². The smallest absolute Gasteiger partial charge is 0.305 e. The second kappa shape index (κ2) is 54.2. The number of hydrogen-bond acceptors (Lipinski definition) is 5. The van der Waals surface area contributed by atoms with Gasteiger partial charge in [0.1, 0.15) is 0 Å². The lowest BCUT2D eigenvalue weighted by Crippen LogP contribution is -2.45. The van der Waals surface area contributed by atoms with Crippen molar-refractivity contribution in [1.82, 2.24) is 5.32 Å². The first kappa shape index (κ1) is 62.6. The molecule has 6 nitrogen and oxygen atoms in total. The van der Waals surface area contributed by atoms with E-state index in [1.165, 1.54) is 238 Å². The van der Waals surface area contributed by atoms with Gasteiger partial charge in [0, 0.05) is 12.8 Å². The lowest BCUT2D eigenvalue weighted by atomic mass is 10.0. The highest BCUT2D eigenvalue weighted by Crippen LogP contribution is 2.17. The third-order valence-corrected chi connectivity index (χ3v) is 13.6. The van der Waals surface area contributed by atoms with E-state index >= 15 is 0 Å². The molecular weight excluding hydrogens is 791 g/mol. The van der Waals surface area contributed by atoms with Crippen molar-refractivity contribution in [2.75, 3.05) is 13.2 Å². The van der Waals surface area contributed by atoms with Crippen molar-refractivity contribution in [2.45, 2.75) is 334 Å². The maximum Gasteiger partial charge on any atom is 0.305 e. The number of carbonyl (C=O) groups is 2. The van der Waals surface area contributed by atoms with Gasteiger partial charge in [-0.05, 0) is 32.1 Å². The zero-order valence-electron chi connectivity index (χ0n) is 43.3. The molecule has 0 aromatic rings. The largest absolute Gasteiger partial charge is 0.466 e. The minimum atomic E-state index is -0.854. The van der Waals surface area contributed by atoms with Gasteiger partial charge in [0.25, 0.3) is 0 Å². The van der Waals surface area contributed by atoms with E-state index in [0.29, 0.717) is 19.4 Å². The molecule has 380 valence electrons. The number of hydrogen-bond donors (Lipinski definition) is 3. The first-order chi connectivity index (χ1) is 31.5. The van der Waals surface area contributed by atoms with Crippen LogP contribution in [-0.4, -0.2) is 47.4 Å². The summed E-state index contributed by atoms with van der Waals surface area (Å²) >= 11 is 0. The maximum absolute atomic E-state index is 12.5. The molecule has 0 aliphatic carbocycles. The minimum absolute atomic E-state index is 0.00839. The van der Waals surface area contributed by atoms with Crippen LogP contribution < -0.4 is 5.32 Å². The first-order valence-electron chi connectivity index (χ1n) is 29.0. The van der Waals surface area contributed by atoms with Crippen molar-refractivity contribution in [2.24, 2.45) is 0 Å². The Hall–Kier alpha value is -1.40.